The van der Waals surface area contributed by atoms with Gasteiger partial charge in [-0.05, 0) is 18.9 Å². The fourth-order valence-corrected chi connectivity index (χ4v) is 1.42. The summed E-state index contributed by atoms with van der Waals surface area (Å²) in [6.07, 6.45) is 4.47. The number of hydrogen-bond acceptors (Lipinski definition) is 3. The van der Waals surface area contributed by atoms with Gasteiger partial charge in [-0.1, -0.05) is 24.9 Å². The fourth-order valence-electron chi connectivity index (χ4n) is 1.27. The average molecular weight is 261 g/mol. The Balaban J connectivity index is 2.14. The Labute approximate surface area is 106 Å². The van der Waals surface area contributed by atoms with Crippen LogP contribution in [0.5, 0.6) is 0 Å². The lowest BCUT2D eigenvalue weighted by atomic mass is 10.3. The van der Waals surface area contributed by atoms with Crippen molar-refractivity contribution in [2.45, 2.75) is 26.2 Å². The number of anilines is 1. The van der Waals surface area contributed by atoms with Gasteiger partial charge in [-0.2, -0.15) is 0 Å². The minimum Gasteiger partial charge on any atom is -0.381 e. The van der Waals surface area contributed by atoms with Crippen LogP contribution in [0.4, 0.5) is 10.2 Å². The highest BCUT2D eigenvalue weighted by Crippen LogP contribution is 2.15. The quantitative estimate of drug-likeness (QED) is 0.727. The Morgan fingerprint density at radius 2 is 2.18 bits per heavy atom. The highest BCUT2D eigenvalue weighted by molar-refractivity contribution is 6.30. The summed E-state index contributed by atoms with van der Waals surface area (Å²) >= 11 is 5.60. The van der Waals surface area contributed by atoms with Crippen molar-refractivity contribution in [2.75, 3.05) is 25.1 Å². The second-order valence-electron chi connectivity index (χ2n) is 3.73. The minimum atomic E-state index is -0.426. The number of unbranched alkanes of at least 4 members (excludes halogenated alkanes) is 1. The van der Waals surface area contributed by atoms with Crippen LogP contribution in [0.15, 0.2) is 12.3 Å². The van der Waals surface area contributed by atoms with Crippen LogP contribution >= 0.6 is 11.6 Å². The molecule has 96 valence electrons. The second-order valence-corrected chi connectivity index (χ2v) is 4.17. The number of pyridine rings is 1. The lowest BCUT2D eigenvalue weighted by Crippen LogP contribution is -2.08. The van der Waals surface area contributed by atoms with Gasteiger partial charge in [0, 0.05) is 26.0 Å². The van der Waals surface area contributed by atoms with Crippen LogP contribution in [0.3, 0.4) is 0 Å². The molecule has 0 aromatic carbocycles. The first-order chi connectivity index (χ1) is 8.24. The molecule has 0 aliphatic heterocycles. The average Bonchev–Trinajstić information content (AvgIpc) is 2.30. The third kappa shape index (κ3) is 5.84. The van der Waals surface area contributed by atoms with Gasteiger partial charge in [0.15, 0.2) is 11.6 Å². The predicted octanol–water partition coefficient (Wildman–Crippen LogP) is 3.49. The van der Waals surface area contributed by atoms with E-state index >= 15 is 0 Å². The topological polar surface area (TPSA) is 34.1 Å². The molecule has 1 N–H and O–H groups in total. The molecule has 0 fully saturated rings. The molecule has 0 saturated heterocycles. The van der Waals surface area contributed by atoms with Gasteiger partial charge in [-0.3, -0.25) is 0 Å². The molecule has 3 nitrogen and oxygen atoms in total. The summed E-state index contributed by atoms with van der Waals surface area (Å²) in [5.41, 5.74) is 0. The van der Waals surface area contributed by atoms with Crippen molar-refractivity contribution in [3.8, 4) is 0 Å². The molecule has 0 aliphatic rings. The molecule has 1 heterocycles. The van der Waals surface area contributed by atoms with E-state index in [0.29, 0.717) is 18.2 Å². The summed E-state index contributed by atoms with van der Waals surface area (Å²) in [5.74, 6) is -0.188. The molecule has 0 bridgehead atoms. The SMILES string of the molecule is CCCCOCCCNc1ncc(Cl)cc1F. The van der Waals surface area contributed by atoms with Gasteiger partial charge in [-0.25, -0.2) is 9.37 Å². The van der Waals surface area contributed by atoms with Crippen LogP contribution < -0.4 is 5.32 Å². The Morgan fingerprint density at radius 3 is 2.88 bits per heavy atom. The third-order valence-electron chi connectivity index (χ3n) is 2.21. The maximum atomic E-state index is 13.3. The Kier molecular flexibility index (Phi) is 6.89. The molecule has 1 aromatic rings. The Bertz CT molecular complexity index is 336. The molecule has 1 aromatic heterocycles. The van der Waals surface area contributed by atoms with Crippen molar-refractivity contribution in [1.29, 1.82) is 0 Å². The fraction of sp³-hybridized carbons (Fsp3) is 0.583. The van der Waals surface area contributed by atoms with E-state index in [1.54, 1.807) is 0 Å². The van der Waals surface area contributed by atoms with Crippen LogP contribution in [0.1, 0.15) is 26.2 Å². The summed E-state index contributed by atoms with van der Waals surface area (Å²) in [6.45, 7) is 4.24. The normalized spacial score (nSPS) is 10.5. The molecule has 0 aliphatic carbocycles. The van der Waals surface area contributed by atoms with Gasteiger partial charge >= 0.3 is 0 Å². The molecule has 0 amide bonds. The number of nitrogens with one attached hydrogen (secondary N) is 1. The van der Waals surface area contributed by atoms with Crippen molar-refractivity contribution in [3.63, 3.8) is 0 Å². The van der Waals surface area contributed by atoms with Gasteiger partial charge in [0.1, 0.15) is 0 Å². The van der Waals surface area contributed by atoms with Gasteiger partial charge in [0.2, 0.25) is 0 Å². The Morgan fingerprint density at radius 1 is 1.41 bits per heavy atom. The zero-order chi connectivity index (χ0) is 12.5. The number of ether oxygens (including phenoxy) is 1. The zero-order valence-corrected chi connectivity index (χ0v) is 10.8. The minimum absolute atomic E-state index is 0.239. The van der Waals surface area contributed by atoms with Gasteiger partial charge in [0.25, 0.3) is 0 Å². The number of aromatic nitrogens is 1. The van der Waals surface area contributed by atoms with E-state index < -0.39 is 5.82 Å². The van der Waals surface area contributed by atoms with Gasteiger partial charge in [-0.15, -0.1) is 0 Å². The lowest BCUT2D eigenvalue weighted by molar-refractivity contribution is 0.131. The van der Waals surface area contributed by atoms with E-state index in [1.807, 2.05) is 0 Å². The largest absolute Gasteiger partial charge is 0.381 e. The van der Waals surface area contributed by atoms with Crippen molar-refractivity contribution in [1.82, 2.24) is 4.98 Å². The van der Waals surface area contributed by atoms with E-state index in [4.69, 9.17) is 16.3 Å². The summed E-state index contributed by atoms with van der Waals surface area (Å²) in [4.78, 5) is 3.87. The Hall–Kier alpha value is -0.870. The van der Waals surface area contributed by atoms with Crippen molar-refractivity contribution in [2.24, 2.45) is 0 Å². The van der Waals surface area contributed by atoms with Crippen molar-refractivity contribution >= 4 is 17.4 Å². The lowest BCUT2D eigenvalue weighted by Gasteiger charge is -2.07. The third-order valence-corrected chi connectivity index (χ3v) is 2.41. The van der Waals surface area contributed by atoms with Crippen LogP contribution in [0.25, 0.3) is 0 Å². The van der Waals surface area contributed by atoms with E-state index in [1.165, 1.54) is 12.3 Å². The monoisotopic (exact) mass is 260 g/mol. The summed E-state index contributed by atoms with van der Waals surface area (Å²) < 4.78 is 18.7. The first kappa shape index (κ1) is 14.2. The standard InChI is InChI=1S/C12H18ClFN2O/c1-2-3-6-17-7-4-5-15-12-11(14)8-10(13)9-16-12/h8-9H,2-7H2,1H3,(H,15,16). The highest BCUT2D eigenvalue weighted by Gasteiger charge is 2.03. The molecule has 0 saturated carbocycles. The predicted molar refractivity (Wildman–Crippen MR) is 68.0 cm³/mol. The summed E-state index contributed by atoms with van der Waals surface area (Å²) in [7, 11) is 0. The number of nitrogens with zero attached hydrogens (tertiary/aromatic N) is 1. The van der Waals surface area contributed by atoms with Crippen LogP contribution in [0.2, 0.25) is 5.02 Å². The van der Waals surface area contributed by atoms with E-state index in [0.717, 1.165) is 25.9 Å². The maximum absolute atomic E-state index is 13.3. The molecule has 0 radical (unpaired) electrons. The van der Waals surface area contributed by atoms with Crippen molar-refractivity contribution in [3.05, 3.63) is 23.1 Å². The van der Waals surface area contributed by atoms with Crippen LogP contribution in [0, 0.1) is 5.82 Å². The molecule has 0 atom stereocenters. The molecule has 17 heavy (non-hydrogen) atoms. The van der Waals surface area contributed by atoms with E-state index in [9.17, 15) is 4.39 Å². The van der Waals surface area contributed by atoms with E-state index in [2.05, 4.69) is 17.2 Å². The molecular formula is C12H18ClFN2O. The van der Waals surface area contributed by atoms with Crippen LogP contribution in [-0.2, 0) is 4.74 Å². The molecule has 5 heteroatoms. The highest BCUT2D eigenvalue weighted by atomic mass is 35.5. The van der Waals surface area contributed by atoms with Gasteiger partial charge < -0.3 is 10.1 Å². The maximum Gasteiger partial charge on any atom is 0.166 e. The van der Waals surface area contributed by atoms with E-state index in [-0.39, 0.29) is 5.82 Å². The zero-order valence-electron chi connectivity index (χ0n) is 10.0. The number of hydrogen-bond donors (Lipinski definition) is 1. The smallest absolute Gasteiger partial charge is 0.166 e. The number of rotatable bonds is 8. The van der Waals surface area contributed by atoms with Gasteiger partial charge in [0.05, 0.1) is 5.02 Å². The van der Waals surface area contributed by atoms with Crippen LogP contribution in [-0.4, -0.2) is 24.7 Å². The second kappa shape index (κ2) is 8.25. The first-order valence-electron chi connectivity index (χ1n) is 5.86. The number of halogens is 2. The summed E-state index contributed by atoms with van der Waals surface area (Å²) in [6, 6.07) is 1.24. The molecule has 0 unspecified atom stereocenters. The summed E-state index contributed by atoms with van der Waals surface area (Å²) in [5, 5.41) is 3.21. The first-order valence-corrected chi connectivity index (χ1v) is 6.24. The molecule has 1 rings (SSSR count). The molecular weight excluding hydrogens is 243 g/mol. The molecule has 0 spiro atoms. The van der Waals surface area contributed by atoms with Crippen molar-refractivity contribution < 1.29 is 9.13 Å².